The largest absolute Gasteiger partial charge is 0.496 e. The third kappa shape index (κ3) is 3.30. The lowest BCUT2D eigenvalue weighted by molar-refractivity contribution is 0.0996. The highest BCUT2D eigenvalue weighted by Crippen LogP contribution is 2.26. The Bertz CT molecular complexity index is 628. The number of benzene rings is 2. The number of carbonyl (C=O) groups is 1. The first kappa shape index (κ1) is 14.4. The third-order valence-corrected chi connectivity index (χ3v) is 3.38. The number of amides is 1. The number of hydrogen-bond donors (Lipinski definition) is 1. The van der Waals surface area contributed by atoms with Crippen molar-refractivity contribution in [1.29, 1.82) is 0 Å². The molecule has 0 spiro atoms. The minimum Gasteiger partial charge on any atom is -0.496 e. The number of primary amides is 1. The van der Waals surface area contributed by atoms with Crippen molar-refractivity contribution in [3.8, 4) is 11.5 Å². The molecule has 0 saturated heterocycles. The number of para-hydroxylation sites is 1. The Labute approximate surface area is 125 Å². The van der Waals surface area contributed by atoms with Gasteiger partial charge in [0.1, 0.15) is 18.1 Å². The van der Waals surface area contributed by atoms with E-state index in [0.29, 0.717) is 17.9 Å². The zero-order valence-corrected chi connectivity index (χ0v) is 12.5. The van der Waals surface area contributed by atoms with E-state index in [1.807, 2.05) is 18.2 Å². The summed E-state index contributed by atoms with van der Waals surface area (Å²) in [6.07, 6.45) is 0. The van der Waals surface area contributed by atoms with Crippen molar-refractivity contribution in [3.05, 3.63) is 58.1 Å². The molecule has 20 heavy (non-hydrogen) atoms. The van der Waals surface area contributed by atoms with Crippen molar-refractivity contribution >= 4 is 21.8 Å². The van der Waals surface area contributed by atoms with Crippen molar-refractivity contribution < 1.29 is 14.3 Å². The van der Waals surface area contributed by atoms with Crippen LogP contribution in [0.25, 0.3) is 0 Å². The average Bonchev–Trinajstić information content (AvgIpc) is 2.45. The van der Waals surface area contributed by atoms with Gasteiger partial charge >= 0.3 is 0 Å². The predicted octanol–water partition coefficient (Wildman–Crippen LogP) is 3.14. The molecular weight excluding hydrogens is 322 g/mol. The van der Waals surface area contributed by atoms with Gasteiger partial charge in [-0.1, -0.05) is 18.2 Å². The second-order valence-corrected chi connectivity index (χ2v) is 4.97. The number of ether oxygens (including phenoxy) is 2. The molecule has 0 atom stereocenters. The Morgan fingerprint density at radius 3 is 2.60 bits per heavy atom. The number of methoxy groups -OCH3 is 1. The van der Waals surface area contributed by atoms with E-state index in [4.69, 9.17) is 15.2 Å². The molecule has 5 heteroatoms. The maximum absolute atomic E-state index is 11.3. The summed E-state index contributed by atoms with van der Waals surface area (Å²) in [4.78, 5) is 11.3. The number of nitrogens with two attached hydrogens (primary N) is 1. The maximum atomic E-state index is 11.3. The molecule has 0 aliphatic heterocycles. The Morgan fingerprint density at radius 2 is 1.95 bits per heavy atom. The molecule has 0 aliphatic carbocycles. The molecule has 2 rings (SSSR count). The zero-order chi connectivity index (χ0) is 14.5. The molecule has 0 radical (unpaired) electrons. The van der Waals surface area contributed by atoms with Crippen molar-refractivity contribution in [2.24, 2.45) is 5.73 Å². The van der Waals surface area contributed by atoms with Crippen molar-refractivity contribution in [3.63, 3.8) is 0 Å². The van der Waals surface area contributed by atoms with Gasteiger partial charge in [-0.2, -0.15) is 0 Å². The molecule has 0 bridgehead atoms. The highest BCUT2D eigenvalue weighted by molar-refractivity contribution is 9.10. The Balaban J connectivity index is 2.13. The molecule has 2 aromatic rings. The summed E-state index contributed by atoms with van der Waals surface area (Å²) >= 11 is 3.42. The molecule has 2 aromatic carbocycles. The fourth-order valence-corrected chi connectivity index (χ4v) is 2.34. The fraction of sp³-hybridized carbons (Fsp3) is 0.133. The Hall–Kier alpha value is -2.01. The van der Waals surface area contributed by atoms with Gasteiger partial charge in [-0.15, -0.1) is 0 Å². The van der Waals surface area contributed by atoms with Gasteiger partial charge in [0, 0.05) is 0 Å². The minimum absolute atomic E-state index is 0.340. The summed E-state index contributed by atoms with van der Waals surface area (Å²) in [7, 11) is 1.61. The lowest BCUT2D eigenvalue weighted by atomic mass is 10.2. The summed E-state index contributed by atoms with van der Waals surface area (Å²) in [5.74, 6) is 0.731. The van der Waals surface area contributed by atoms with E-state index in [1.54, 1.807) is 31.4 Å². The normalized spacial score (nSPS) is 10.1. The Kier molecular flexibility index (Phi) is 4.63. The van der Waals surface area contributed by atoms with Crippen molar-refractivity contribution in [1.82, 2.24) is 0 Å². The number of carbonyl (C=O) groups excluding carboxylic acids is 1. The topological polar surface area (TPSA) is 61.6 Å². The van der Waals surface area contributed by atoms with Crippen LogP contribution >= 0.6 is 15.9 Å². The molecule has 0 aromatic heterocycles. The standard InChI is InChI=1S/C15H14BrNO3/c1-19-14-7-6-10(8-12(14)16)9-20-13-5-3-2-4-11(13)15(17)18/h2-8H,9H2,1H3,(H2,17,18). The minimum atomic E-state index is -0.503. The zero-order valence-electron chi connectivity index (χ0n) is 10.9. The summed E-state index contributed by atoms with van der Waals surface area (Å²) in [5.41, 5.74) is 6.63. The van der Waals surface area contributed by atoms with Crippen LogP contribution in [0.2, 0.25) is 0 Å². The van der Waals surface area contributed by atoms with Crippen LogP contribution in [0.5, 0.6) is 11.5 Å². The second-order valence-electron chi connectivity index (χ2n) is 4.12. The van der Waals surface area contributed by atoms with E-state index < -0.39 is 5.91 Å². The van der Waals surface area contributed by atoms with E-state index >= 15 is 0 Å². The molecular formula is C15H14BrNO3. The van der Waals surface area contributed by atoms with E-state index in [0.717, 1.165) is 15.8 Å². The smallest absolute Gasteiger partial charge is 0.252 e. The van der Waals surface area contributed by atoms with E-state index in [9.17, 15) is 4.79 Å². The Morgan fingerprint density at radius 1 is 1.20 bits per heavy atom. The molecule has 1 amide bonds. The molecule has 0 aliphatic rings. The van der Waals surface area contributed by atoms with E-state index in [2.05, 4.69) is 15.9 Å². The fourth-order valence-electron chi connectivity index (χ4n) is 1.76. The summed E-state index contributed by atoms with van der Waals surface area (Å²) in [6, 6.07) is 12.6. The highest BCUT2D eigenvalue weighted by Gasteiger charge is 2.09. The van der Waals surface area contributed by atoms with Gasteiger partial charge in [-0.25, -0.2) is 0 Å². The number of halogens is 1. The van der Waals surface area contributed by atoms with Crippen molar-refractivity contribution in [2.45, 2.75) is 6.61 Å². The summed E-state index contributed by atoms with van der Waals surface area (Å²) in [6.45, 7) is 0.340. The van der Waals surface area contributed by atoms with Crippen LogP contribution < -0.4 is 15.2 Å². The van der Waals surface area contributed by atoms with Gasteiger partial charge in [-0.3, -0.25) is 4.79 Å². The van der Waals surface area contributed by atoms with E-state index in [-0.39, 0.29) is 0 Å². The molecule has 4 nitrogen and oxygen atoms in total. The van der Waals surface area contributed by atoms with Gasteiger partial charge < -0.3 is 15.2 Å². The summed E-state index contributed by atoms with van der Waals surface area (Å²) in [5, 5.41) is 0. The molecule has 0 fully saturated rings. The molecule has 104 valence electrons. The van der Waals surface area contributed by atoms with E-state index in [1.165, 1.54) is 0 Å². The van der Waals surface area contributed by atoms with Crippen LogP contribution in [0.3, 0.4) is 0 Å². The lowest BCUT2D eigenvalue weighted by Crippen LogP contribution is -2.12. The first-order valence-electron chi connectivity index (χ1n) is 5.96. The number of rotatable bonds is 5. The van der Waals surface area contributed by atoms with Gasteiger partial charge in [-0.05, 0) is 45.8 Å². The van der Waals surface area contributed by atoms with Gasteiger partial charge in [0.05, 0.1) is 17.1 Å². The summed E-state index contributed by atoms with van der Waals surface area (Å²) < 4.78 is 11.7. The predicted molar refractivity (Wildman–Crippen MR) is 80.0 cm³/mol. The first-order chi connectivity index (χ1) is 9.61. The van der Waals surface area contributed by atoms with Crippen LogP contribution in [0.15, 0.2) is 46.9 Å². The first-order valence-corrected chi connectivity index (χ1v) is 6.75. The lowest BCUT2D eigenvalue weighted by Gasteiger charge is -2.10. The van der Waals surface area contributed by atoms with Crippen LogP contribution in [-0.4, -0.2) is 13.0 Å². The van der Waals surface area contributed by atoms with Crippen LogP contribution in [0, 0.1) is 0 Å². The molecule has 0 heterocycles. The highest BCUT2D eigenvalue weighted by atomic mass is 79.9. The monoisotopic (exact) mass is 335 g/mol. The van der Waals surface area contributed by atoms with Crippen LogP contribution in [0.4, 0.5) is 0 Å². The maximum Gasteiger partial charge on any atom is 0.252 e. The average molecular weight is 336 g/mol. The molecule has 0 saturated carbocycles. The second kappa shape index (κ2) is 6.43. The number of hydrogen-bond acceptors (Lipinski definition) is 3. The van der Waals surface area contributed by atoms with Gasteiger partial charge in [0.25, 0.3) is 5.91 Å². The van der Waals surface area contributed by atoms with Crippen LogP contribution in [-0.2, 0) is 6.61 Å². The molecule has 0 unspecified atom stereocenters. The quantitative estimate of drug-likeness (QED) is 0.912. The van der Waals surface area contributed by atoms with Crippen LogP contribution in [0.1, 0.15) is 15.9 Å². The van der Waals surface area contributed by atoms with Crippen molar-refractivity contribution in [2.75, 3.05) is 7.11 Å². The molecule has 2 N–H and O–H groups in total. The van der Waals surface area contributed by atoms with Gasteiger partial charge in [0.2, 0.25) is 0 Å². The van der Waals surface area contributed by atoms with Gasteiger partial charge in [0.15, 0.2) is 0 Å². The third-order valence-electron chi connectivity index (χ3n) is 2.76. The SMILES string of the molecule is COc1ccc(COc2ccccc2C(N)=O)cc1Br.